The van der Waals surface area contributed by atoms with Gasteiger partial charge in [-0.05, 0) is 45.1 Å². The third-order valence-corrected chi connectivity index (χ3v) is 2.96. The van der Waals surface area contributed by atoms with E-state index >= 15 is 0 Å². The minimum atomic E-state index is -0.168. The molecule has 1 saturated heterocycles. The largest absolute Gasteiger partial charge is 0.335 e. The van der Waals surface area contributed by atoms with Crippen LogP contribution in [0.15, 0.2) is 24.4 Å². The van der Waals surface area contributed by atoms with Crippen LogP contribution in [0.2, 0.25) is 0 Å². The highest BCUT2D eigenvalue weighted by Crippen LogP contribution is 2.08. The predicted molar refractivity (Wildman–Crippen MR) is 66.9 cm³/mol. The number of nitrogens with zero attached hydrogens (tertiary/aromatic N) is 2. The molecule has 5 heteroatoms. The Hall–Kier alpha value is -1.62. The highest BCUT2D eigenvalue weighted by Gasteiger charge is 2.18. The van der Waals surface area contributed by atoms with Crippen molar-refractivity contribution in [2.75, 3.05) is 25.5 Å². The van der Waals surface area contributed by atoms with E-state index in [1.807, 2.05) is 12.1 Å². The molecule has 0 aromatic carbocycles. The molecule has 0 bridgehead atoms. The van der Waals surface area contributed by atoms with Gasteiger partial charge >= 0.3 is 6.03 Å². The molecule has 0 radical (unpaired) electrons. The fraction of sp³-hybridized carbons (Fsp3) is 0.500. The van der Waals surface area contributed by atoms with Gasteiger partial charge in [0.25, 0.3) is 0 Å². The maximum atomic E-state index is 11.7. The van der Waals surface area contributed by atoms with E-state index in [9.17, 15) is 4.79 Å². The minimum absolute atomic E-state index is 0.168. The second-order valence-electron chi connectivity index (χ2n) is 4.39. The molecule has 2 amide bonds. The minimum Gasteiger partial charge on any atom is -0.335 e. The van der Waals surface area contributed by atoms with Crippen molar-refractivity contribution in [3.63, 3.8) is 0 Å². The lowest BCUT2D eigenvalue weighted by molar-refractivity contribution is 0.221. The van der Waals surface area contributed by atoms with E-state index in [4.69, 9.17) is 0 Å². The summed E-state index contributed by atoms with van der Waals surface area (Å²) in [5, 5.41) is 5.70. The summed E-state index contributed by atoms with van der Waals surface area (Å²) in [7, 11) is 2.10. The number of likely N-dealkylation sites (tertiary alicyclic amines) is 1. The van der Waals surface area contributed by atoms with E-state index in [0.717, 1.165) is 25.9 Å². The normalized spacial score (nSPS) is 17.7. The maximum Gasteiger partial charge on any atom is 0.320 e. The van der Waals surface area contributed by atoms with Crippen molar-refractivity contribution in [2.24, 2.45) is 0 Å². The van der Waals surface area contributed by atoms with Crippen molar-refractivity contribution >= 4 is 11.8 Å². The van der Waals surface area contributed by atoms with Crippen LogP contribution in [0.1, 0.15) is 12.8 Å². The molecule has 1 fully saturated rings. The number of aromatic nitrogens is 1. The third kappa shape index (κ3) is 3.71. The van der Waals surface area contributed by atoms with Crippen LogP contribution < -0.4 is 10.6 Å². The van der Waals surface area contributed by atoms with E-state index in [0.29, 0.717) is 5.82 Å². The van der Waals surface area contributed by atoms with Crippen LogP contribution in [0, 0.1) is 0 Å². The van der Waals surface area contributed by atoms with Gasteiger partial charge in [-0.1, -0.05) is 6.07 Å². The quantitative estimate of drug-likeness (QED) is 0.811. The molecule has 1 aromatic heterocycles. The van der Waals surface area contributed by atoms with Crippen molar-refractivity contribution in [3.05, 3.63) is 24.4 Å². The Morgan fingerprint density at radius 2 is 2.18 bits per heavy atom. The zero-order chi connectivity index (χ0) is 12.1. The molecule has 1 aliphatic heterocycles. The van der Waals surface area contributed by atoms with Crippen molar-refractivity contribution in [2.45, 2.75) is 18.9 Å². The second kappa shape index (κ2) is 5.63. The number of rotatable bonds is 2. The van der Waals surface area contributed by atoms with Crippen LogP contribution in [0.3, 0.4) is 0 Å². The lowest BCUT2D eigenvalue weighted by Crippen LogP contribution is -2.44. The van der Waals surface area contributed by atoms with Crippen molar-refractivity contribution < 1.29 is 4.79 Å². The Bertz CT molecular complexity index is 360. The van der Waals surface area contributed by atoms with Gasteiger partial charge < -0.3 is 10.2 Å². The van der Waals surface area contributed by atoms with Gasteiger partial charge in [0.2, 0.25) is 0 Å². The maximum absolute atomic E-state index is 11.7. The van der Waals surface area contributed by atoms with E-state index in [-0.39, 0.29) is 12.1 Å². The number of urea groups is 1. The number of hydrogen-bond donors (Lipinski definition) is 2. The SMILES string of the molecule is CN1CCC(NC(=O)Nc2ccccn2)CC1. The molecule has 1 aromatic rings. The molecule has 5 nitrogen and oxygen atoms in total. The van der Waals surface area contributed by atoms with E-state index in [1.54, 1.807) is 12.3 Å². The molecule has 2 N–H and O–H groups in total. The molecule has 0 aliphatic carbocycles. The first-order chi connectivity index (χ1) is 8.24. The number of carbonyl (C=O) groups is 1. The van der Waals surface area contributed by atoms with Crippen LogP contribution in [-0.2, 0) is 0 Å². The topological polar surface area (TPSA) is 57.3 Å². The van der Waals surface area contributed by atoms with E-state index < -0.39 is 0 Å². The first-order valence-electron chi connectivity index (χ1n) is 5.91. The van der Waals surface area contributed by atoms with Crippen molar-refractivity contribution in [1.82, 2.24) is 15.2 Å². The molecule has 0 saturated carbocycles. The van der Waals surface area contributed by atoms with Crippen LogP contribution >= 0.6 is 0 Å². The average molecular weight is 234 g/mol. The summed E-state index contributed by atoms with van der Waals surface area (Å²) in [4.78, 5) is 18.0. The lowest BCUT2D eigenvalue weighted by atomic mass is 10.1. The number of nitrogens with one attached hydrogen (secondary N) is 2. The molecule has 0 atom stereocenters. The van der Waals surface area contributed by atoms with Crippen LogP contribution in [0.25, 0.3) is 0 Å². The molecule has 1 aliphatic rings. The Balaban J connectivity index is 1.78. The number of anilines is 1. The summed E-state index contributed by atoms with van der Waals surface area (Å²) in [6.07, 6.45) is 3.67. The van der Waals surface area contributed by atoms with Gasteiger partial charge in [-0.25, -0.2) is 9.78 Å². The Labute approximate surface area is 101 Å². The number of pyridine rings is 1. The smallest absolute Gasteiger partial charge is 0.320 e. The summed E-state index contributed by atoms with van der Waals surface area (Å²) in [5.41, 5.74) is 0. The fourth-order valence-corrected chi connectivity index (χ4v) is 1.93. The van der Waals surface area contributed by atoms with Crippen molar-refractivity contribution in [3.8, 4) is 0 Å². The lowest BCUT2D eigenvalue weighted by Gasteiger charge is -2.29. The Morgan fingerprint density at radius 3 is 2.82 bits per heavy atom. The van der Waals surface area contributed by atoms with Crippen LogP contribution in [0.4, 0.5) is 10.6 Å². The summed E-state index contributed by atoms with van der Waals surface area (Å²) in [6, 6.07) is 5.54. The standard InChI is InChI=1S/C12H18N4O/c1-16-8-5-10(6-9-16)14-12(17)15-11-4-2-3-7-13-11/h2-4,7,10H,5-6,8-9H2,1H3,(H2,13,14,15,17). The summed E-state index contributed by atoms with van der Waals surface area (Å²) in [6.45, 7) is 2.07. The first kappa shape index (κ1) is 11.9. The van der Waals surface area contributed by atoms with Gasteiger partial charge in [0, 0.05) is 12.2 Å². The van der Waals surface area contributed by atoms with E-state index in [1.165, 1.54) is 0 Å². The van der Waals surface area contributed by atoms with Crippen molar-refractivity contribution in [1.29, 1.82) is 0 Å². The summed E-state index contributed by atoms with van der Waals surface area (Å²) >= 11 is 0. The van der Waals surface area contributed by atoms with Crippen LogP contribution in [-0.4, -0.2) is 42.1 Å². The predicted octanol–water partition coefficient (Wildman–Crippen LogP) is 1.30. The van der Waals surface area contributed by atoms with Crippen LogP contribution in [0.5, 0.6) is 0 Å². The zero-order valence-electron chi connectivity index (χ0n) is 10.0. The summed E-state index contributed by atoms with van der Waals surface area (Å²) in [5.74, 6) is 0.581. The zero-order valence-corrected chi connectivity index (χ0v) is 10.0. The van der Waals surface area contributed by atoms with E-state index in [2.05, 4.69) is 27.6 Å². The number of piperidine rings is 1. The summed E-state index contributed by atoms with van der Waals surface area (Å²) < 4.78 is 0. The molecular weight excluding hydrogens is 216 g/mol. The first-order valence-corrected chi connectivity index (χ1v) is 5.91. The van der Waals surface area contributed by atoms with Gasteiger partial charge in [-0.2, -0.15) is 0 Å². The van der Waals surface area contributed by atoms with Gasteiger partial charge in [0.05, 0.1) is 0 Å². The molecule has 0 unspecified atom stereocenters. The third-order valence-electron chi connectivity index (χ3n) is 2.96. The van der Waals surface area contributed by atoms with Gasteiger partial charge in [-0.3, -0.25) is 5.32 Å². The van der Waals surface area contributed by atoms with Gasteiger partial charge in [-0.15, -0.1) is 0 Å². The highest BCUT2D eigenvalue weighted by molar-refractivity contribution is 5.88. The highest BCUT2D eigenvalue weighted by atomic mass is 16.2. The molecular formula is C12H18N4O. The van der Waals surface area contributed by atoms with Gasteiger partial charge in [0.15, 0.2) is 0 Å². The number of carbonyl (C=O) groups excluding carboxylic acids is 1. The molecule has 92 valence electrons. The Morgan fingerprint density at radius 1 is 1.41 bits per heavy atom. The Kier molecular flexibility index (Phi) is 3.93. The molecule has 17 heavy (non-hydrogen) atoms. The van der Waals surface area contributed by atoms with Gasteiger partial charge in [0.1, 0.15) is 5.82 Å². The monoisotopic (exact) mass is 234 g/mol. The molecule has 0 spiro atoms. The number of hydrogen-bond acceptors (Lipinski definition) is 3. The number of amides is 2. The fourth-order valence-electron chi connectivity index (χ4n) is 1.93. The molecule has 2 rings (SSSR count). The average Bonchev–Trinajstić information content (AvgIpc) is 2.33. The molecule has 2 heterocycles. The second-order valence-corrected chi connectivity index (χ2v) is 4.39.